The van der Waals surface area contributed by atoms with Crippen molar-refractivity contribution >= 4 is 5.78 Å². The third kappa shape index (κ3) is 2.14. The molecule has 8 atom stereocenters. The van der Waals surface area contributed by atoms with E-state index in [1.54, 1.807) is 0 Å². The number of allylic oxidation sites excluding steroid dienone is 1. The first-order valence-corrected chi connectivity index (χ1v) is 10.1. The molecule has 0 aromatic heterocycles. The Morgan fingerprint density at radius 2 is 1.88 bits per heavy atom. The molecule has 0 radical (unpaired) electrons. The van der Waals surface area contributed by atoms with Gasteiger partial charge in [-0.2, -0.15) is 0 Å². The Labute approximate surface area is 147 Å². The van der Waals surface area contributed by atoms with Crippen LogP contribution >= 0.6 is 0 Å². The standard InChI is InChI=1S/C22H34O2/c1-13(2)17-7-8-18-16-6-5-14-11-15(23)9-10-21(14,3)20(16)19(24)12-22(17,18)4/h14-18,20,23H,1,5-12H2,2-4H3. The smallest absolute Gasteiger partial charge is 0.137 e. The van der Waals surface area contributed by atoms with Gasteiger partial charge in [0, 0.05) is 12.3 Å². The van der Waals surface area contributed by atoms with Gasteiger partial charge in [-0.15, -0.1) is 0 Å². The second-order valence-corrected chi connectivity index (χ2v) is 10.1. The zero-order valence-electron chi connectivity index (χ0n) is 15.7. The molecule has 0 aromatic rings. The molecule has 4 aliphatic rings. The lowest BCUT2D eigenvalue weighted by Crippen LogP contribution is -2.57. The Morgan fingerprint density at radius 1 is 1.12 bits per heavy atom. The van der Waals surface area contributed by atoms with Crippen molar-refractivity contribution in [2.75, 3.05) is 0 Å². The monoisotopic (exact) mass is 330 g/mol. The van der Waals surface area contributed by atoms with Gasteiger partial charge < -0.3 is 5.11 Å². The fourth-order valence-corrected chi connectivity index (χ4v) is 7.86. The van der Waals surface area contributed by atoms with E-state index in [2.05, 4.69) is 27.4 Å². The second-order valence-electron chi connectivity index (χ2n) is 10.1. The van der Waals surface area contributed by atoms with Crippen molar-refractivity contribution in [2.24, 2.45) is 40.4 Å². The number of carbonyl (C=O) groups is 1. The molecule has 24 heavy (non-hydrogen) atoms. The van der Waals surface area contributed by atoms with E-state index in [1.807, 2.05) is 0 Å². The predicted octanol–water partition coefficient (Wildman–Crippen LogP) is 4.76. The first-order valence-electron chi connectivity index (χ1n) is 10.1. The van der Waals surface area contributed by atoms with Crippen molar-refractivity contribution in [1.82, 2.24) is 0 Å². The fraction of sp³-hybridized carbons (Fsp3) is 0.864. The summed E-state index contributed by atoms with van der Waals surface area (Å²) in [6.07, 6.45) is 8.41. The normalized spacial score (nSPS) is 53.9. The van der Waals surface area contributed by atoms with Gasteiger partial charge in [-0.05, 0) is 86.4 Å². The highest BCUT2D eigenvalue weighted by Crippen LogP contribution is 2.67. The van der Waals surface area contributed by atoms with Crippen molar-refractivity contribution in [2.45, 2.75) is 78.2 Å². The SMILES string of the molecule is C=C(C)C1CCC2C3CCC4CC(O)CCC4(C)C3C(=O)CC12C. The highest BCUT2D eigenvalue weighted by Gasteiger charge is 2.63. The number of carbonyl (C=O) groups excluding carboxylic acids is 1. The van der Waals surface area contributed by atoms with E-state index in [9.17, 15) is 9.90 Å². The van der Waals surface area contributed by atoms with Crippen LogP contribution < -0.4 is 0 Å². The van der Waals surface area contributed by atoms with Crippen molar-refractivity contribution in [1.29, 1.82) is 0 Å². The summed E-state index contributed by atoms with van der Waals surface area (Å²) < 4.78 is 0. The maximum absolute atomic E-state index is 13.4. The highest BCUT2D eigenvalue weighted by atomic mass is 16.3. The first-order chi connectivity index (χ1) is 11.3. The van der Waals surface area contributed by atoms with E-state index >= 15 is 0 Å². The van der Waals surface area contributed by atoms with Crippen LogP contribution in [0.1, 0.15) is 72.1 Å². The maximum Gasteiger partial charge on any atom is 0.137 e. The Kier molecular flexibility index (Phi) is 3.81. The summed E-state index contributed by atoms with van der Waals surface area (Å²) in [4.78, 5) is 13.4. The van der Waals surface area contributed by atoms with Crippen molar-refractivity contribution in [3.8, 4) is 0 Å². The largest absolute Gasteiger partial charge is 0.393 e. The van der Waals surface area contributed by atoms with Crippen LogP contribution in [0, 0.1) is 40.4 Å². The van der Waals surface area contributed by atoms with Crippen LogP contribution in [0.2, 0.25) is 0 Å². The van der Waals surface area contributed by atoms with Gasteiger partial charge in [-0.25, -0.2) is 0 Å². The quantitative estimate of drug-likeness (QED) is 0.704. The molecule has 2 heteroatoms. The fourth-order valence-electron chi connectivity index (χ4n) is 7.86. The summed E-state index contributed by atoms with van der Waals surface area (Å²) in [5, 5.41) is 10.1. The van der Waals surface area contributed by atoms with Gasteiger partial charge in [0.05, 0.1) is 6.10 Å². The summed E-state index contributed by atoms with van der Waals surface area (Å²) in [5.74, 6) is 3.16. The molecule has 8 unspecified atom stereocenters. The van der Waals surface area contributed by atoms with Gasteiger partial charge in [0.2, 0.25) is 0 Å². The van der Waals surface area contributed by atoms with Crippen LogP contribution in [-0.4, -0.2) is 17.0 Å². The molecule has 0 aliphatic heterocycles. The number of ketones is 1. The molecule has 0 amide bonds. The van der Waals surface area contributed by atoms with Gasteiger partial charge in [0.15, 0.2) is 0 Å². The Balaban J connectivity index is 1.68. The second kappa shape index (κ2) is 5.43. The molecule has 1 N–H and O–H groups in total. The van der Waals surface area contributed by atoms with Gasteiger partial charge in [0.1, 0.15) is 5.78 Å². The number of aliphatic hydroxyl groups excluding tert-OH is 1. The predicted molar refractivity (Wildman–Crippen MR) is 96.4 cm³/mol. The lowest BCUT2D eigenvalue weighted by Gasteiger charge is -2.60. The topological polar surface area (TPSA) is 37.3 Å². The summed E-state index contributed by atoms with van der Waals surface area (Å²) in [6.45, 7) is 11.2. The van der Waals surface area contributed by atoms with Crippen LogP contribution in [0.15, 0.2) is 12.2 Å². The van der Waals surface area contributed by atoms with E-state index in [-0.39, 0.29) is 22.9 Å². The molecule has 4 fully saturated rings. The van der Waals surface area contributed by atoms with Gasteiger partial charge in [0.25, 0.3) is 0 Å². The maximum atomic E-state index is 13.4. The number of rotatable bonds is 1. The van der Waals surface area contributed by atoms with Crippen molar-refractivity contribution < 1.29 is 9.90 Å². The number of hydrogen-bond donors (Lipinski definition) is 1. The highest BCUT2D eigenvalue weighted by molar-refractivity contribution is 5.84. The van der Waals surface area contributed by atoms with E-state index in [1.165, 1.54) is 31.3 Å². The summed E-state index contributed by atoms with van der Waals surface area (Å²) in [6, 6.07) is 0. The van der Waals surface area contributed by atoms with Crippen molar-refractivity contribution in [3.05, 3.63) is 12.2 Å². The molecular weight excluding hydrogens is 296 g/mol. The zero-order chi connectivity index (χ0) is 17.3. The van der Waals surface area contributed by atoms with Crippen LogP contribution in [0.3, 0.4) is 0 Å². The average molecular weight is 331 g/mol. The molecule has 2 nitrogen and oxygen atoms in total. The molecule has 0 spiro atoms. The summed E-state index contributed by atoms with van der Waals surface area (Å²) in [7, 11) is 0. The molecule has 4 saturated carbocycles. The van der Waals surface area contributed by atoms with Gasteiger partial charge in [-0.3, -0.25) is 4.79 Å². The summed E-state index contributed by atoms with van der Waals surface area (Å²) >= 11 is 0. The molecular formula is C22H34O2. The van der Waals surface area contributed by atoms with Crippen LogP contribution in [0.25, 0.3) is 0 Å². The number of hydrogen-bond acceptors (Lipinski definition) is 2. The zero-order valence-corrected chi connectivity index (χ0v) is 15.7. The Bertz CT molecular complexity index is 566. The van der Waals surface area contributed by atoms with E-state index in [4.69, 9.17) is 0 Å². The van der Waals surface area contributed by atoms with Gasteiger partial charge >= 0.3 is 0 Å². The molecule has 0 aromatic carbocycles. The minimum atomic E-state index is -0.136. The molecule has 4 rings (SSSR count). The molecule has 0 saturated heterocycles. The summed E-state index contributed by atoms with van der Waals surface area (Å²) in [5.41, 5.74) is 1.58. The Morgan fingerprint density at radius 3 is 2.58 bits per heavy atom. The number of aliphatic hydroxyl groups is 1. The first kappa shape index (κ1) is 16.8. The minimum Gasteiger partial charge on any atom is -0.393 e. The van der Waals surface area contributed by atoms with Gasteiger partial charge in [-0.1, -0.05) is 26.0 Å². The van der Waals surface area contributed by atoms with Crippen molar-refractivity contribution in [3.63, 3.8) is 0 Å². The van der Waals surface area contributed by atoms with Crippen LogP contribution in [-0.2, 0) is 4.79 Å². The third-order valence-electron chi connectivity index (χ3n) is 8.92. The molecule has 0 heterocycles. The third-order valence-corrected chi connectivity index (χ3v) is 8.92. The minimum absolute atomic E-state index is 0.136. The van der Waals surface area contributed by atoms with E-state index < -0.39 is 0 Å². The molecule has 0 bridgehead atoms. The molecule has 4 aliphatic carbocycles. The van der Waals surface area contributed by atoms with E-state index in [0.29, 0.717) is 29.5 Å². The lowest BCUT2D eigenvalue weighted by molar-refractivity contribution is -0.160. The lowest BCUT2D eigenvalue weighted by atomic mass is 9.44. The number of Topliss-reactive ketones (excluding diaryl/α,β-unsaturated/α-hetero) is 1. The average Bonchev–Trinajstić information content (AvgIpc) is 2.84. The Hall–Kier alpha value is -0.630. The number of fused-ring (bicyclic) bond motifs is 5. The molecule has 134 valence electrons. The van der Waals surface area contributed by atoms with Crippen LogP contribution in [0.4, 0.5) is 0 Å². The van der Waals surface area contributed by atoms with Crippen LogP contribution in [0.5, 0.6) is 0 Å². The van der Waals surface area contributed by atoms with E-state index in [0.717, 1.165) is 25.7 Å².